The van der Waals surface area contributed by atoms with E-state index in [1.165, 1.54) is 18.4 Å². The highest BCUT2D eigenvalue weighted by atomic mass is 79.9. The fourth-order valence-electron chi connectivity index (χ4n) is 2.38. The second kappa shape index (κ2) is 5.06. The molecular weight excluding hydrogens is 290 g/mol. The molecule has 3 rings (SSSR count). The van der Waals surface area contributed by atoms with Crippen LogP contribution in [0.25, 0.3) is 0 Å². The zero-order valence-corrected chi connectivity index (χ0v) is 11.5. The molecule has 4 heteroatoms. The minimum atomic E-state index is 0.542. The number of hydrogen-bond donors (Lipinski definition) is 1. The van der Waals surface area contributed by atoms with Crippen LogP contribution in [-0.2, 0) is 0 Å². The van der Waals surface area contributed by atoms with E-state index in [-0.39, 0.29) is 0 Å². The molecule has 0 saturated heterocycles. The van der Waals surface area contributed by atoms with Crippen molar-refractivity contribution in [2.75, 3.05) is 5.32 Å². The van der Waals surface area contributed by atoms with Gasteiger partial charge in [0.05, 0.1) is 18.1 Å². The maximum Gasteiger partial charge on any atom is 0.115 e. The molecule has 2 aromatic rings. The molecule has 18 heavy (non-hydrogen) atoms. The van der Waals surface area contributed by atoms with Crippen molar-refractivity contribution in [2.45, 2.75) is 24.8 Å². The number of halogens is 1. The first-order chi connectivity index (χ1) is 8.81. The third kappa shape index (κ3) is 2.53. The van der Waals surface area contributed by atoms with Gasteiger partial charge in [0.2, 0.25) is 0 Å². The summed E-state index contributed by atoms with van der Waals surface area (Å²) >= 11 is 3.52. The van der Waals surface area contributed by atoms with Gasteiger partial charge in [0.25, 0.3) is 0 Å². The number of nitrogens with zero attached hydrogens (tertiary/aromatic N) is 2. The monoisotopic (exact) mass is 303 g/mol. The van der Waals surface area contributed by atoms with E-state index in [0.29, 0.717) is 12.0 Å². The molecule has 1 aliphatic rings. The lowest BCUT2D eigenvalue weighted by molar-refractivity contribution is 0.374. The van der Waals surface area contributed by atoms with Crippen LogP contribution < -0.4 is 5.32 Å². The minimum absolute atomic E-state index is 0.542. The highest BCUT2D eigenvalue weighted by Crippen LogP contribution is 2.38. The molecule has 1 fully saturated rings. The van der Waals surface area contributed by atoms with Gasteiger partial charge in [-0.3, -0.25) is 0 Å². The van der Waals surface area contributed by atoms with Gasteiger partial charge in [0, 0.05) is 10.5 Å². The van der Waals surface area contributed by atoms with E-state index in [0.717, 1.165) is 10.2 Å². The summed E-state index contributed by atoms with van der Waals surface area (Å²) in [7, 11) is 0. The summed E-state index contributed by atoms with van der Waals surface area (Å²) in [5.41, 5.74) is 2.43. The molecule has 1 saturated carbocycles. The molecule has 1 aromatic heterocycles. The molecule has 1 aromatic carbocycles. The zero-order valence-electron chi connectivity index (χ0n) is 9.88. The van der Waals surface area contributed by atoms with Crippen molar-refractivity contribution in [1.82, 2.24) is 9.97 Å². The van der Waals surface area contributed by atoms with Crippen LogP contribution >= 0.6 is 15.9 Å². The molecule has 92 valence electrons. The summed E-state index contributed by atoms with van der Waals surface area (Å²) in [4.78, 5) is 8.01. The van der Waals surface area contributed by atoms with Gasteiger partial charge >= 0.3 is 0 Å². The van der Waals surface area contributed by atoms with Crippen LogP contribution in [0.4, 0.5) is 5.69 Å². The van der Waals surface area contributed by atoms with E-state index >= 15 is 0 Å². The Bertz CT molecular complexity index is 524. The van der Waals surface area contributed by atoms with Crippen LogP contribution in [0.5, 0.6) is 0 Å². The third-order valence-corrected chi connectivity index (χ3v) is 3.88. The molecular formula is C14H14BrN3. The summed E-state index contributed by atoms with van der Waals surface area (Å²) in [6.07, 6.45) is 7.53. The Morgan fingerprint density at radius 3 is 2.67 bits per heavy atom. The summed E-state index contributed by atoms with van der Waals surface area (Å²) in [6, 6.07) is 9.13. The van der Waals surface area contributed by atoms with E-state index in [1.807, 2.05) is 12.4 Å². The van der Waals surface area contributed by atoms with Crippen LogP contribution in [0.2, 0.25) is 0 Å². The van der Waals surface area contributed by atoms with Gasteiger partial charge in [-0.05, 0) is 36.5 Å². The molecule has 0 atom stereocenters. The topological polar surface area (TPSA) is 37.8 Å². The fourth-order valence-corrected chi connectivity index (χ4v) is 2.79. The summed E-state index contributed by atoms with van der Waals surface area (Å²) in [5.74, 6) is 0.671. The Balaban J connectivity index is 1.57. The van der Waals surface area contributed by atoms with Crippen molar-refractivity contribution >= 4 is 21.6 Å². The molecule has 1 N–H and O–H groups in total. The van der Waals surface area contributed by atoms with Crippen molar-refractivity contribution in [1.29, 1.82) is 0 Å². The van der Waals surface area contributed by atoms with Crippen LogP contribution in [0, 0.1) is 0 Å². The van der Waals surface area contributed by atoms with Crippen molar-refractivity contribution in [2.24, 2.45) is 0 Å². The Labute approximate surface area is 115 Å². The largest absolute Gasteiger partial charge is 0.380 e. The molecule has 3 nitrogen and oxygen atoms in total. The third-order valence-electron chi connectivity index (χ3n) is 3.39. The van der Waals surface area contributed by atoms with Gasteiger partial charge in [-0.1, -0.05) is 28.1 Å². The van der Waals surface area contributed by atoms with E-state index in [2.05, 4.69) is 55.5 Å². The Hall–Kier alpha value is -1.42. The lowest BCUT2D eigenvalue weighted by Gasteiger charge is -2.36. The Kier molecular flexibility index (Phi) is 3.28. The molecule has 0 amide bonds. The number of nitrogens with one attached hydrogen (secondary N) is 1. The Morgan fingerprint density at radius 1 is 1.17 bits per heavy atom. The molecule has 0 spiro atoms. The van der Waals surface area contributed by atoms with Gasteiger partial charge < -0.3 is 5.32 Å². The average molecular weight is 304 g/mol. The zero-order chi connectivity index (χ0) is 12.4. The standard InChI is InChI=1S/C14H14BrN3/c15-12-3-1-2-10(4-12)11-5-13(6-11)18-14-7-16-9-17-8-14/h1-4,7-9,11,13,18H,5-6H2. The molecule has 0 bridgehead atoms. The smallest absolute Gasteiger partial charge is 0.115 e. The molecule has 0 aliphatic heterocycles. The number of hydrogen-bond acceptors (Lipinski definition) is 3. The lowest BCUT2D eigenvalue weighted by Crippen LogP contribution is -2.34. The van der Waals surface area contributed by atoms with E-state index in [9.17, 15) is 0 Å². The first kappa shape index (κ1) is 11.7. The molecule has 1 aliphatic carbocycles. The fraction of sp³-hybridized carbons (Fsp3) is 0.286. The van der Waals surface area contributed by atoms with Gasteiger partial charge in [-0.2, -0.15) is 0 Å². The van der Waals surface area contributed by atoms with Gasteiger partial charge in [0.1, 0.15) is 6.33 Å². The van der Waals surface area contributed by atoms with Gasteiger partial charge in [-0.25, -0.2) is 9.97 Å². The van der Waals surface area contributed by atoms with Crippen LogP contribution in [-0.4, -0.2) is 16.0 Å². The number of anilines is 1. The van der Waals surface area contributed by atoms with E-state index < -0.39 is 0 Å². The molecule has 1 heterocycles. The Morgan fingerprint density at radius 2 is 1.94 bits per heavy atom. The summed E-state index contributed by atoms with van der Waals surface area (Å²) < 4.78 is 1.16. The molecule has 0 radical (unpaired) electrons. The maximum atomic E-state index is 4.01. The van der Waals surface area contributed by atoms with Crippen LogP contribution in [0.3, 0.4) is 0 Å². The lowest BCUT2D eigenvalue weighted by atomic mass is 9.76. The normalized spacial score (nSPS) is 22.3. The summed E-state index contributed by atoms with van der Waals surface area (Å²) in [6.45, 7) is 0. The maximum absolute atomic E-state index is 4.01. The first-order valence-electron chi connectivity index (χ1n) is 6.08. The highest BCUT2D eigenvalue weighted by Gasteiger charge is 2.30. The van der Waals surface area contributed by atoms with E-state index in [1.54, 1.807) is 6.33 Å². The van der Waals surface area contributed by atoms with Crippen molar-refractivity contribution in [3.8, 4) is 0 Å². The SMILES string of the molecule is Brc1cccc(C2CC(Nc3cncnc3)C2)c1. The predicted molar refractivity (Wildman–Crippen MR) is 75.6 cm³/mol. The van der Waals surface area contributed by atoms with Gasteiger partial charge in [0.15, 0.2) is 0 Å². The quantitative estimate of drug-likeness (QED) is 0.941. The average Bonchev–Trinajstić information content (AvgIpc) is 2.34. The van der Waals surface area contributed by atoms with E-state index in [4.69, 9.17) is 0 Å². The number of rotatable bonds is 3. The highest BCUT2D eigenvalue weighted by molar-refractivity contribution is 9.10. The number of benzene rings is 1. The van der Waals surface area contributed by atoms with Crippen LogP contribution in [0.1, 0.15) is 24.3 Å². The van der Waals surface area contributed by atoms with Gasteiger partial charge in [-0.15, -0.1) is 0 Å². The van der Waals surface area contributed by atoms with Crippen molar-refractivity contribution < 1.29 is 0 Å². The summed E-state index contributed by atoms with van der Waals surface area (Å²) in [5, 5.41) is 3.46. The first-order valence-corrected chi connectivity index (χ1v) is 6.87. The van der Waals surface area contributed by atoms with Crippen molar-refractivity contribution in [3.05, 3.63) is 53.0 Å². The second-order valence-electron chi connectivity index (χ2n) is 4.69. The van der Waals surface area contributed by atoms with Crippen LogP contribution in [0.15, 0.2) is 47.5 Å². The predicted octanol–water partition coefficient (Wildman–Crippen LogP) is 3.60. The minimum Gasteiger partial charge on any atom is -0.380 e. The molecule has 0 unspecified atom stereocenters. The second-order valence-corrected chi connectivity index (χ2v) is 5.61. The van der Waals surface area contributed by atoms with Crippen molar-refractivity contribution in [3.63, 3.8) is 0 Å². The number of aromatic nitrogens is 2.